The topological polar surface area (TPSA) is 78.4 Å². The second-order valence-electron chi connectivity index (χ2n) is 6.11. The van der Waals surface area contributed by atoms with Crippen LogP contribution >= 0.6 is 0 Å². The molecule has 0 spiro atoms. The van der Waals surface area contributed by atoms with E-state index in [2.05, 4.69) is 10.6 Å². The van der Waals surface area contributed by atoms with Gasteiger partial charge in [-0.3, -0.25) is 9.59 Å². The standard InChI is InChI=1S/C20H24N2O3/c1-14-5-3-4-6-18(14)15(2)13-19(24)21-11-12-22-20(25)16-7-9-17(23)10-8-16/h3-10,15,23H,11-13H2,1-2H3,(H,21,24)(H,22,25)/t15-/m0/s1. The molecular formula is C20H24N2O3. The molecule has 132 valence electrons. The third-order valence-electron chi connectivity index (χ3n) is 4.07. The molecule has 0 bridgehead atoms. The van der Waals surface area contributed by atoms with E-state index in [0.717, 1.165) is 0 Å². The van der Waals surface area contributed by atoms with Gasteiger partial charge in [0.1, 0.15) is 5.75 Å². The van der Waals surface area contributed by atoms with Crippen LogP contribution in [0.4, 0.5) is 0 Å². The molecule has 0 aliphatic rings. The highest BCUT2D eigenvalue weighted by atomic mass is 16.3. The molecule has 3 N–H and O–H groups in total. The number of rotatable bonds is 7. The molecule has 0 radical (unpaired) electrons. The lowest BCUT2D eigenvalue weighted by atomic mass is 9.93. The Kier molecular flexibility index (Phi) is 6.57. The van der Waals surface area contributed by atoms with Crippen LogP contribution in [0, 0.1) is 6.92 Å². The van der Waals surface area contributed by atoms with E-state index in [-0.39, 0.29) is 23.5 Å². The summed E-state index contributed by atoms with van der Waals surface area (Å²) in [4.78, 5) is 23.9. The number of phenolic OH excluding ortho intramolecular Hbond substituents is 1. The van der Waals surface area contributed by atoms with Gasteiger partial charge in [0, 0.05) is 25.1 Å². The third-order valence-corrected chi connectivity index (χ3v) is 4.07. The van der Waals surface area contributed by atoms with Crippen molar-refractivity contribution in [2.24, 2.45) is 0 Å². The Balaban J connectivity index is 1.71. The van der Waals surface area contributed by atoms with Crippen molar-refractivity contribution >= 4 is 11.8 Å². The minimum Gasteiger partial charge on any atom is -0.508 e. The first-order valence-corrected chi connectivity index (χ1v) is 8.37. The van der Waals surface area contributed by atoms with Gasteiger partial charge in [0.2, 0.25) is 5.91 Å². The van der Waals surface area contributed by atoms with E-state index >= 15 is 0 Å². The van der Waals surface area contributed by atoms with E-state index in [0.29, 0.717) is 25.1 Å². The summed E-state index contributed by atoms with van der Waals surface area (Å²) in [6, 6.07) is 14.1. The van der Waals surface area contributed by atoms with Gasteiger partial charge >= 0.3 is 0 Å². The summed E-state index contributed by atoms with van der Waals surface area (Å²) in [5.41, 5.74) is 2.83. The van der Waals surface area contributed by atoms with Gasteiger partial charge in [0.05, 0.1) is 0 Å². The van der Waals surface area contributed by atoms with Crippen molar-refractivity contribution in [2.45, 2.75) is 26.2 Å². The first kappa shape index (κ1) is 18.5. The number of carbonyl (C=O) groups excluding carboxylic acids is 2. The van der Waals surface area contributed by atoms with E-state index in [4.69, 9.17) is 0 Å². The van der Waals surface area contributed by atoms with Crippen molar-refractivity contribution in [3.63, 3.8) is 0 Å². The van der Waals surface area contributed by atoms with Gasteiger partial charge < -0.3 is 15.7 Å². The van der Waals surface area contributed by atoms with Gasteiger partial charge in [-0.25, -0.2) is 0 Å². The van der Waals surface area contributed by atoms with Gasteiger partial charge in [0.25, 0.3) is 5.91 Å². The van der Waals surface area contributed by atoms with Crippen molar-refractivity contribution in [3.05, 3.63) is 65.2 Å². The number of phenols is 1. The van der Waals surface area contributed by atoms with Crippen LogP contribution in [0.3, 0.4) is 0 Å². The fourth-order valence-electron chi connectivity index (χ4n) is 2.69. The zero-order valence-corrected chi connectivity index (χ0v) is 14.6. The summed E-state index contributed by atoms with van der Waals surface area (Å²) in [5.74, 6) is -0.00321. The lowest BCUT2D eigenvalue weighted by Crippen LogP contribution is -2.35. The lowest BCUT2D eigenvalue weighted by molar-refractivity contribution is -0.121. The Morgan fingerprint density at radius 3 is 2.32 bits per heavy atom. The molecular weight excluding hydrogens is 316 g/mol. The smallest absolute Gasteiger partial charge is 0.251 e. The average molecular weight is 340 g/mol. The number of aromatic hydroxyl groups is 1. The summed E-state index contributed by atoms with van der Waals surface area (Å²) in [5, 5.41) is 14.8. The zero-order chi connectivity index (χ0) is 18.2. The van der Waals surface area contributed by atoms with Crippen LogP contribution in [0.2, 0.25) is 0 Å². The molecule has 0 saturated carbocycles. The number of hydrogen-bond acceptors (Lipinski definition) is 3. The summed E-state index contributed by atoms with van der Waals surface area (Å²) < 4.78 is 0. The van der Waals surface area contributed by atoms with Gasteiger partial charge in [-0.1, -0.05) is 31.2 Å². The molecule has 0 aromatic heterocycles. The quantitative estimate of drug-likeness (QED) is 0.678. The highest BCUT2D eigenvalue weighted by molar-refractivity contribution is 5.94. The predicted molar refractivity (Wildman–Crippen MR) is 97.7 cm³/mol. The fraction of sp³-hybridized carbons (Fsp3) is 0.300. The van der Waals surface area contributed by atoms with E-state index in [1.54, 1.807) is 12.1 Å². The Labute approximate surface area is 148 Å². The molecule has 2 rings (SSSR count). The summed E-state index contributed by atoms with van der Waals surface area (Å²) in [6.45, 7) is 4.81. The van der Waals surface area contributed by atoms with Crippen molar-refractivity contribution in [1.29, 1.82) is 0 Å². The molecule has 0 unspecified atom stereocenters. The molecule has 0 aliphatic heterocycles. The van der Waals surface area contributed by atoms with E-state index < -0.39 is 0 Å². The number of hydrogen-bond donors (Lipinski definition) is 3. The molecule has 5 heteroatoms. The number of benzene rings is 2. The molecule has 2 aromatic carbocycles. The first-order chi connectivity index (χ1) is 12.0. The van der Waals surface area contributed by atoms with Crippen molar-refractivity contribution in [2.75, 3.05) is 13.1 Å². The largest absolute Gasteiger partial charge is 0.508 e. The minimum absolute atomic E-state index is 0.0327. The van der Waals surface area contributed by atoms with Crippen molar-refractivity contribution < 1.29 is 14.7 Å². The Hall–Kier alpha value is -2.82. The molecule has 0 fully saturated rings. The molecule has 0 aliphatic carbocycles. The van der Waals surface area contributed by atoms with Gasteiger partial charge in [-0.2, -0.15) is 0 Å². The number of nitrogens with one attached hydrogen (secondary N) is 2. The summed E-state index contributed by atoms with van der Waals surface area (Å²) in [6.07, 6.45) is 0.413. The van der Waals surface area contributed by atoms with E-state index in [1.165, 1.54) is 23.3 Å². The monoisotopic (exact) mass is 340 g/mol. The molecule has 1 atom stereocenters. The summed E-state index contributed by atoms with van der Waals surface area (Å²) in [7, 11) is 0. The lowest BCUT2D eigenvalue weighted by Gasteiger charge is -2.14. The Bertz CT molecular complexity index is 726. The SMILES string of the molecule is Cc1ccccc1[C@@H](C)CC(=O)NCCNC(=O)c1ccc(O)cc1. The first-order valence-electron chi connectivity index (χ1n) is 8.37. The number of carbonyl (C=O) groups is 2. The Morgan fingerprint density at radius 1 is 1.00 bits per heavy atom. The minimum atomic E-state index is -0.234. The maximum atomic E-state index is 12.0. The van der Waals surface area contributed by atoms with Gasteiger partial charge in [0.15, 0.2) is 0 Å². The third kappa shape index (κ3) is 5.64. The zero-order valence-electron chi connectivity index (χ0n) is 14.6. The maximum Gasteiger partial charge on any atom is 0.251 e. The normalized spacial score (nSPS) is 11.6. The fourth-order valence-corrected chi connectivity index (χ4v) is 2.69. The molecule has 0 saturated heterocycles. The van der Waals surface area contributed by atoms with Crippen LogP contribution in [0.5, 0.6) is 5.75 Å². The van der Waals surface area contributed by atoms with Crippen LogP contribution < -0.4 is 10.6 Å². The van der Waals surface area contributed by atoms with E-state index in [9.17, 15) is 14.7 Å². The number of aryl methyl sites for hydroxylation is 1. The van der Waals surface area contributed by atoms with Crippen molar-refractivity contribution in [3.8, 4) is 5.75 Å². The average Bonchev–Trinajstić information content (AvgIpc) is 2.59. The van der Waals surface area contributed by atoms with Crippen LogP contribution in [0.15, 0.2) is 48.5 Å². The van der Waals surface area contributed by atoms with Crippen LogP contribution in [0.25, 0.3) is 0 Å². The second kappa shape index (κ2) is 8.87. The maximum absolute atomic E-state index is 12.0. The highest BCUT2D eigenvalue weighted by Crippen LogP contribution is 2.22. The van der Waals surface area contributed by atoms with Crippen LogP contribution in [-0.2, 0) is 4.79 Å². The highest BCUT2D eigenvalue weighted by Gasteiger charge is 2.12. The summed E-state index contributed by atoms with van der Waals surface area (Å²) >= 11 is 0. The molecule has 2 aromatic rings. The Morgan fingerprint density at radius 2 is 1.64 bits per heavy atom. The van der Waals surface area contributed by atoms with E-state index in [1.807, 2.05) is 38.1 Å². The van der Waals surface area contributed by atoms with Crippen LogP contribution in [0.1, 0.15) is 40.7 Å². The van der Waals surface area contributed by atoms with Gasteiger partial charge in [-0.15, -0.1) is 0 Å². The van der Waals surface area contributed by atoms with Crippen molar-refractivity contribution in [1.82, 2.24) is 10.6 Å². The molecule has 0 heterocycles. The molecule has 25 heavy (non-hydrogen) atoms. The molecule has 2 amide bonds. The van der Waals surface area contributed by atoms with Gasteiger partial charge in [-0.05, 0) is 48.2 Å². The second-order valence-corrected chi connectivity index (χ2v) is 6.11. The predicted octanol–water partition coefficient (Wildman–Crippen LogP) is 2.74. The van der Waals surface area contributed by atoms with Crippen LogP contribution in [-0.4, -0.2) is 30.0 Å². The molecule has 5 nitrogen and oxygen atoms in total. The number of amides is 2.